The van der Waals surface area contributed by atoms with Gasteiger partial charge in [-0.1, -0.05) is 0 Å². The van der Waals surface area contributed by atoms with Crippen LogP contribution in [0, 0.1) is 0 Å². The van der Waals surface area contributed by atoms with Crippen molar-refractivity contribution in [2.45, 2.75) is 25.0 Å². The third-order valence-electron chi connectivity index (χ3n) is 2.90. The van der Waals surface area contributed by atoms with Crippen LogP contribution in [-0.2, 0) is 20.7 Å². The fourth-order valence-electron chi connectivity index (χ4n) is 1.98. The van der Waals surface area contributed by atoms with Crippen LogP contribution in [0.4, 0.5) is 0 Å². The summed E-state index contributed by atoms with van der Waals surface area (Å²) in [5.74, 6) is -0.0898. The van der Waals surface area contributed by atoms with Crippen molar-refractivity contribution >= 4 is 5.91 Å². The van der Waals surface area contributed by atoms with Gasteiger partial charge in [-0.15, -0.1) is 0 Å². The normalized spacial score (nSPS) is 23.6. The molecule has 1 aromatic heterocycles. The molecule has 0 radical (unpaired) electrons. The lowest BCUT2D eigenvalue weighted by molar-refractivity contribution is -0.124. The third kappa shape index (κ3) is 3.48. The highest BCUT2D eigenvalue weighted by Crippen LogP contribution is 2.11. The Morgan fingerprint density at radius 3 is 3.22 bits per heavy atom. The molecule has 0 unspecified atom stereocenters. The van der Waals surface area contributed by atoms with Crippen molar-refractivity contribution in [2.24, 2.45) is 0 Å². The van der Waals surface area contributed by atoms with Crippen molar-refractivity contribution in [3.63, 3.8) is 0 Å². The van der Waals surface area contributed by atoms with Crippen LogP contribution in [0.25, 0.3) is 0 Å². The molecule has 2 rings (SSSR count). The summed E-state index contributed by atoms with van der Waals surface area (Å²) in [5, 5.41) is 2.91. The Morgan fingerprint density at radius 1 is 1.61 bits per heavy atom. The van der Waals surface area contributed by atoms with Crippen molar-refractivity contribution < 1.29 is 14.3 Å². The first kappa shape index (κ1) is 12.9. The maximum Gasteiger partial charge on any atom is 0.226 e. The molecule has 0 bridgehead atoms. The first-order chi connectivity index (χ1) is 8.79. The molecule has 1 N–H and O–H groups in total. The van der Waals surface area contributed by atoms with E-state index in [1.54, 1.807) is 25.7 Å². The van der Waals surface area contributed by atoms with Gasteiger partial charge in [0.25, 0.3) is 0 Å². The Morgan fingerprint density at radius 2 is 2.50 bits per heavy atom. The van der Waals surface area contributed by atoms with E-state index in [-0.39, 0.29) is 24.5 Å². The number of nitrogens with zero attached hydrogens (tertiary/aromatic N) is 2. The number of carbonyl (C=O) groups is 1. The van der Waals surface area contributed by atoms with Crippen molar-refractivity contribution in [3.05, 3.63) is 24.3 Å². The number of rotatable bonds is 4. The minimum Gasteiger partial charge on any atom is -0.379 e. The first-order valence-electron chi connectivity index (χ1n) is 5.94. The van der Waals surface area contributed by atoms with Gasteiger partial charge in [-0.05, 0) is 6.42 Å². The van der Waals surface area contributed by atoms with E-state index in [2.05, 4.69) is 15.3 Å². The molecule has 6 heteroatoms. The summed E-state index contributed by atoms with van der Waals surface area (Å²) >= 11 is 0. The van der Waals surface area contributed by atoms with Gasteiger partial charge >= 0.3 is 0 Å². The monoisotopic (exact) mass is 251 g/mol. The van der Waals surface area contributed by atoms with Crippen LogP contribution in [0.15, 0.2) is 18.6 Å². The van der Waals surface area contributed by atoms with E-state index in [4.69, 9.17) is 9.47 Å². The number of ether oxygens (including phenoxy) is 2. The Bertz CT molecular complexity index is 385. The molecular weight excluding hydrogens is 234 g/mol. The molecule has 0 spiro atoms. The van der Waals surface area contributed by atoms with E-state index in [0.29, 0.717) is 18.9 Å². The summed E-state index contributed by atoms with van der Waals surface area (Å²) in [6, 6.07) is -0.0899. The second kappa shape index (κ2) is 6.42. The molecule has 98 valence electrons. The molecule has 1 saturated heterocycles. The van der Waals surface area contributed by atoms with Gasteiger partial charge in [0.15, 0.2) is 0 Å². The minimum atomic E-state index is -0.0899. The Hall–Kier alpha value is -1.53. The molecule has 18 heavy (non-hydrogen) atoms. The quantitative estimate of drug-likeness (QED) is 0.811. The number of nitrogens with one attached hydrogen (secondary N) is 1. The zero-order chi connectivity index (χ0) is 12.8. The number of methoxy groups -OCH3 is 1. The molecule has 1 aromatic rings. The number of aromatic nitrogens is 2. The second-order valence-corrected chi connectivity index (χ2v) is 4.19. The van der Waals surface area contributed by atoms with Crippen LogP contribution < -0.4 is 5.32 Å². The highest BCUT2D eigenvalue weighted by Gasteiger charge is 2.26. The van der Waals surface area contributed by atoms with Crippen molar-refractivity contribution in [2.75, 3.05) is 20.3 Å². The van der Waals surface area contributed by atoms with Crippen molar-refractivity contribution in [1.29, 1.82) is 0 Å². The summed E-state index contributed by atoms with van der Waals surface area (Å²) in [5.41, 5.74) is 0.653. The van der Waals surface area contributed by atoms with E-state index < -0.39 is 0 Å². The molecule has 1 fully saturated rings. The van der Waals surface area contributed by atoms with Crippen LogP contribution in [0.5, 0.6) is 0 Å². The highest BCUT2D eigenvalue weighted by molar-refractivity contribution is 5.78. The Labute approximate surface area is 106 Å². The molecule has 1 amide bonds. The minimum absolute atomic E-state index is 0.0181. The van der Waals surface area contributed by atoms with Crippen molar-refractivity contribution in [1.82, 2.24) is 15.3 Å². The van der Waals surface area contributed by atoms with Gasteiger partial charge in [0, 0.05) is 32.3 Å². The van der Waals surface area contributed by atoms with Crippen LogP contribution in [-0.4, -0.2) is 48.3 Å². The maximum atomic E-state index is 11.9. The van der Waals surface area contributed by atoms with Gasteiger partial charge in [-0.2, -0.15) is 0 Å². The lowest BCUT2D eigenvalue weighted by atomic mass is 10.1. The van der Waals surface area contributed by atoms with Gasteiger partial charge in [0.2, 0.25) is 5.91 Å². The molecule has 0 aromatic carbocycles. The SMILES string of the molecule is CO[C@@H]1CCOC[C@H]1NC(=O)Cc1cnccn1. The zero-order valence-corrected chi connectivity index (χ0v) is 10.3. The zero-order valence-electron chi connectivity index (χ0n) is 10.3. The number of carbonyl (C=O) groups excluding carboxylic acids is 1. The summed E-state index contributed by atoms with van der Waals surface area (Å²) in [6.07, 6.45) is 5.78. The molecule has 1 aliphatic rings. The summed E-state index contributed by atoms with van der Waals surface area (Å²) in [4.78, 5) is 19.8. The van der Waals surface area contributed by atoms with Gasteiger partial charge < -0.3 is 14.8 Å². The van der Waals surface area contributed by atoms with Gasteiger partial charge in [0.05, 0.1) is 30.9 Å². The summed E-state index contributed by atoms with van der Waals surface area (Å²) < 4.78 is 10.7. The number of amides is 1. The predicted octanol–water partition coefficient (Wildman–Crippen LogP) is -0.0608. The van der Waals surface area contributed by atoms with E-state index in [1.807, 2.05) is 0 Å². The summed E-state index contributed by atoms with van der Waals surface area (Å²) in [7, 11) is 1.65. The largest absolute Gasteiger partial charge is 0.379 e. The molecule has 1 aliphatic heterocycles. The average Bonchev–Trinajstić information content (AvgIpc) is 2.40. The molecule has 0 saturated carbocycles. The molecule has 2 heterocycles. The van der Waals surface area contributed by atoms with Crippen LogP contribution in [0.2, 0.25) is 0 Å². The predicted molar refractivity (Wildman–Crippen MR) is 63.9 cm³/mol. The summed E-state index contributed by atoms with van der Waals surface area (Å²) in [6.45, 7) is 1.17. The van der Waals surface area contributed by atoms with Gasteiger partial charge in [-0.25, -0.2) is 0 Å². The average molecular weight is 251 g/mol. The topological polar surface area (TPSA) is 73.3 Å². The van der Waals surface area contributed by atoms with Gasteiger partial charge in [-0.3, -0.25) is 14.8 Å². The Balaban J connectivity index is 1.86. The fraction of sp³-hybridized carbons (Fsp3) is 0.583. The molecule has 0 aliphatic carbocycles. The van der Waals surface area contributed by atoms with Crippen molar-refractivity contribution in [3.8, 4) is 0 Å². The maximum absolute atomic E-state index is 11.9. The first-order valence-corrected chi connectivity index (χ1v) is 5.94. The number of hydrogen-bond acceptors (Lipinski definition) is 5. The smallest absolute Gasteiger partial charge is 0.226 e. The van der Waals surface area contributed by atoms with E-state index in [1.165, 1.54) is 0 Å². The second-order valence-electron chi connectivity index (χ2n) is 4.19. The van der Waals surface area contributed by atoms with Gasteiger partial charge in [0.1, 0.15) is 0 Å². The van der Waals surface area contributed by atoms with E-state index in [9.17, 15) is 4.79 Å². The number of hydrogen-bond donors (Lipinski definition) is 1. The molecular formula is C12H17N3O3. The molecule has 2 atom stereocenters. The van der Waals surface area contributed by atoms with Crippen LogP contribution >= 0.6 is 0 Å². The lowest BCUT2D eigenvalue weighted by Gasteiger charge is -2.30. The van der Waals surface area contributed by atoms with E-state index >= 15 is 0 Å². The van der Waals surface area contributed by atoms with Crippen LogP contribution in [0.1, 0.15) is 12.1 Å². The van der Waals surface area contributed by atoms with Crippen LogP contribution in [0.3, 0.4) is 0 Å². The van der Waals surface area contributed by atoms with E-state index in [0.717, 1.165) is 6.42 Å². The Kier molecular flexibility index (Phi) is 4.60. The third-order valence-corrected chi connectivity index (χ3v) is 2.90. The lowest BCUT2D eigenvalue weighted by Crippen LogP contribution is -2.50. The standard InChI is InChI=1S/C12H17N3O3/c1-17-11-2-5-18-8-10(11)15-12(16)6-9-7-13-3-4-14-9/h3-4,7,10-11H,2,5-6,8H2,1H3,(H,15,16)/t10-,11-/m1/s1. The fourth-order valence-corrected chi connectivity index (χ4v) is 1.98. The molecule has 6 nitrogen and oxygen atoms in total. The highest BCUT2D eigenvalue weighted by atomic mass is 16.5.